The van der Waals surface area contributed by atoms with E-state index in [1.165, 1.54) is 0 Å². The van der Waals surface area contributed by atoms with E-state index in [4.69, 9.17) is 0 Å². The highest BCUT2D eigenvalue weighted by Gasteiger charge is 2.09. The minimum atomic E-state index is -0.391. The zero-order valence-electron chi connectivity index (χ0n) is 13.9. The van der Waals surface area contributed by atoms with Crippen LogP contribution in [0.15, 0.2) is 24.3 Å². The van der Waals surface area contributed by atoms with E-state index >= 15 is 0 Å². The van der Waals surface area contributed by atoms with Crippen molar-refractivity contribution in [2.75, 3.05) is 0 Å². The number of hydrazine groups is 1. The van der Waals surface area contributed by atoms with Crippen LogP contribution in [0.4, 0.5) is 4.79 Å². The maximum absolute atomic E-state index is 11.8. The van der Waals surface area contributed by atoms with Gasteiger partial charge in [-0.2, -0.15) is 0 Å². The Morgan fingerprint density at radius 2 is 1.64 bits per heavy atom. The minimum absolute atomic E-state index is 0.0787. The first kappa shape index (κ1) is 18.0. The Morgan fingerprint density at radius 1 is 1.00 bits per heavy atom. The molecule has 0 aliphatic rings. The van der Waals surface area contributed by atoms with Crippen molar-refractivity contribution >= 4 is 11.9 Å². The number of carbonyl (C=O) groups excluding carboxylic acids is 2. The normalized spacial score (nSPS) is 11.9. The van der Waals surface area contributed by atoms with E-state index in [0.29, 0.717) is 11.5 Å². The lowest BCUT2D eigenvalue weighted by Gasteiger charge is -2.15. The molecule has 1 aromatic rings. The highest BCUT2D eigenvalue weighted by Crippen LogP contribution is 2.08. The molecule has 5 nitrogen and oxygen atoms in total. The van der Waals surface area contributed by atoms with Crippen LogP contribution >= 0.6 is 0 Å². The number of urea groups is 1. The molecular formula is C17H27N3O2. The van der Waals surface area contributed by atoms with Gasteiger partial charge in [0, 0.05) is 11.6 Å². The van der Waals surface area contributed by atoms with E-state index in [2.05, 4.69) is 30.0 Å². The van der Waals surface area contributed by atoms with Crippen molar-refractivity contribution in [2.45, 2.75) is 53.0 Å². The van der Waals surface area contributed by atoms with Gasteiger partial charge >= 0.3 is 6.03 Å². The van der Waals surface area contributed by atoms with E-state index < -0.39 is 6.03 Å². The second-order valence-electron chi connectivity index (χ2n) is 6.14. The SMILES string of the molecule is Cc1ccc(C(=O)NNC(=O)N[C@@H](C)CCCC(C)C)cc1. The van der Waals surface area contributed by atoms with E-state index in [-0.39, 0.29) is 11.9 Å². The van der Waals surface area contributed by atoms with Crippen molar-refractivity contribution < 1.29 is 9.59 Å². The third-order valence-corrected chi connectivity index (χ3v) is 3.40. The van der Waals surface area contributed by atoms with Crippen LogP contribution < -0.4 is 16.2 Å². The van der Waals surface area contributed by atoms with Gasteiger partial charge in [-0.15, -0.1) is 0 Å². The number of rotatable bonds is 6. The number of benzene rings is 1. The van der Waals surface area contributed by atoms with E-state index in [1.54, 1.807) is 12.1 Å². The van der Waals surface area contributed by atoms with Gasteiger partial charge in [0.2, 0.25) is 0 Å². The number of hydrogen-bond donors (Lipinski definition) is 3. The fourth-order valence-corrected chi connectivity index (χ4v) is 2.05. The topological polar surface area (TPSA) is 70.2 Å². The first-order valence-corrected chi connectivity index (χ1v) is 7.82. The summed E-state index contributed by atoms with van der Waals surface area (Å²) < 4.78 is 0. The summed E-state index contributed by atoms with van der Waals surface area (Å²) in [6.07, 6.45) is 3.16. The standard InChI is InChI=1S/C17H27N3O2/c1-12(2)6-5-7-14(4)18-17(22)20-19-16(21)15-10-8-13(3)9-11-15/h8-12,14H,5-7H2,1-4H3,(H,19,21)(H2,18,20,22)/t14-/m0/s1. The lowest BCUT2D eigenvalue weighted by molar-refractivity contribution is 0.0936. The largest absolute Gasteiger partial charge is 0.334 e. The molecule has 1 atom stereocenters. The smallest absolute Gasteiger partial charge is 0.333 e. The Bertz CT molecular complexity index is 483. The van der Waals surface area contributed by atoms with Crippen LogP contribution in [-0.4, -0.2) is 18.0 Å². The molecule has 0 fully saturated rings. The second-order valence-corrected chi connectivity index (χ2v) is 6.14. The molecule has 0 radical (unpaired) electrons. The molecular weight excluding hydrogens is 278 g/mol. The molecule has 0 bridgehead atoms. The molecule has 0 aromatic heterocycles. The van der Waals surface area contributed by atoms with Gasteiger partial charge < -0.3 is 5.32 Å². The third kappa shape index (κ3) is 7.11. The first-order valence-electron chi connectivity index (χ1n) is 7.82. The van der Waals surface area contributed by atoms with Crippen molar-refractivity contribution in [3.63, 3.8) is 0 Å². The summed E-state index contributed by atoms with van der Waals surface area (Å²) >= 11 is 0. The first-order chi connectivity index (χ1) is 10.4. The zero-order valence-corrected chi connectivity index (χ0v) is 13.9. The molecule has 1 rings (SSSR count). The Kier molecular flexibility index (Phi) is 7.43. The van der Waals surface area contributed by atoms with Crippen molar-refractivity contribution in [3.05, 3.63) is 35.4 Å². The average molecular weight is 305 g/mol. The van der Waals surface area contributed by atoms with Crippen LogP contribution in [0.2, 0.25) is 0 Å². The van der Waals surface area contributed by atoms with Crippen LogP contribution in [0.1, 0.15) is 56.0 Å². The lowest BCUT2D eigenvalue weighted by atomic mass is 10.0. The van der Waals surface area contributed by atoms with Crippen LogP contribution in [0.25, 0.3) is 0 Å². The van der Waals surface area contributed by atoms with E-state index in [0.717, 1.165) is 24.8 Å². The zero-order chi connectivity index (χ0) is 16.5. The molecule has 0 aliphatic heterocycles. The Labute approximate surface area is 132 Å². The summed E-state index contributed by atoms with van der Waals surface area (Å²) in [7, 11) is 0. The molecule has 0 aliphatic carbocycles. The summed E-state index contributed by atoms with van der Waals surface area (Å²) in [6.45, 7) is 8.28. The quantitative estimate of drug-likeness (QED) is 0.707. The molecule has 122 valence electrons. The monoisotopic (exact) mass is 305 g/mol. The fourth-order valence-electron chi connectivity index (χ4n) is 2.05. The van der Waals surface area contributed by atoms with Gasteiger partial charge in [-0.25, -0.2) is 10.2 Å². The van der Waals surface area contributed by atoms with E-state index in [9.17, 15) is 9.59 Å². The molecule has 3 N–H and O–H groups in total. The number of hydrogen-bond acceptors (Lipinski definition) is 2. The lowest BCUT2D eigenvalue weighted by Crippen LogP contribution is -2.49. The molecule has 0 saturated heterocycles. The average Bonchev–Trinajstić information content (AvgIpc) is 2.45. The highest BCUT2D eigenvalue weighted by molar-refractivity contribution is 5.95. The maximum atomic E-state index is 11.8. The molecule has 0 saturated carbocycles. The number of aryl methyl sites for hydroxylation is 1. The van der Waals surface area contributed by atoms with Crippen LogP contribution in [0.3, 0.4) is 0 Å². The molecule has 22 heavy (non-hydrogen) atoms. The minimum Gasteiger partial charge on any atom is -0.334 e. The third-order valence-electron chi connectivity index (χ3n) is 3.40. The molecule has 5 heteroatoms. The van der Waals surface area contributed by atoms with Crippen molar-refractivity contribution in [2.24, 2.45) is 5.92 Å². The Balaban J connectivity index is 2.27. The second kappa shape index (κ2) is 9.07. The van der Waals surface area contributed by atoms with Crippen LogP contribution in [0.5, 0.6) is 0 Å². The molecule has 3 amide bonds. The Hall–Kier alpha value is -2.04. The highest BCUT2D eigenvalue weighted by atomic mass is 16.2. The number of amides is 3. The van der Waals surface area contributed by atoms with Crippen molar-refractivity contribution in [3.8, 4) is 0 Å². The van der Waals surface area contributed by atoms with Gasteiger partial charge in [-0.05, 0) is 38.3 Å². The summed E-state index contributed by atoms with van der Waals surface area (Å²) in [6, 6.07) is 6.84. The van der Waals surface area contributed by atoms with Crippen LogP contribution in [0, 0.1) is 12.8 Å². The van der Waals surface area contributed by atoms with Crippen molar-refractivity contribution in [1.82, 2.24) is 16.2 Å². The van der Waals surface area contributed by atoms with Gasteiger partial charge in [0.25, 0.3) is 5.91 Å². The number of carbonyl (C=O) groups is 2. The van der Waals surface area contributed by atoms with Gasteiger partial charge in [0.05, 0.1) is 0 Å². The predicted molar refractivity (Wildman–Crippen MR) is 88.5 cm³/mol. The summed E-state index contributed by atoms with van der Waals surface area (Å²) in [5, 5.41) is 2.80. The summed E-state index contributed by atoms with van der Waals surface area (Å²) in [5.41, 5.74) is 6.36. The van der Waals surface area contributed by atoms with Gasteiger partial charge in [-0.3, -0.25) is 10.2 Å². The van der Waals surface area contributed by atoms with E-state index in [1.807, 2.05) is 26.0 Å². The van der Waals surface area contributed by atoms with Crippen molar-refractivity contribution in [1.29, 1.82) is 0 Å². The summed E-state index contributed by atoms with van der Waals surface area (Å²) in [5.74, 6) is 0.345. The fraction of sp³-hybridized carbons (Fsp3) is 0.529. The van der Waals surface area contributed by atoms with Gasteiger partial charge in [0.1, 0.15) is 0 Å². The molecule has 0 spiro atoms. The number of nitrogens with one attached hydrogen (secondary N) is 3. The van der Waals surface area contributed by atoms with Gasteiger partial charge in [-0.1, -0.05) is 44.4 Å². The maximum Gasteiger partial charge on any atom is 0.333 e. The molecule has 1 aromatic carbocycles. The predicted octanol–water partition coefficient (Wildman–Crippen LogP) is 3.15. The Morgan fingerprint density at radius 3 is 2.23 bits per heavy atom. The molecule has 0 heterocycles. The van der Waals surface area contributed by atoms with Crippen LogP contribution in [-0.2, 0) is 0 Å². The molecule has 0 unspecified atom stereocenters. The van der Waals surface area contributed by atoms with Gasteiger partial charge in [0.15, 0.2) is 0 Å². The summed E-state index contributed by atoms with van der Waals surface area (Å²) in [4.78, 5) is 23.5.